The Hall–Kier alpha value is -1.14. The van der Waals surface area contributed by atoms with Crippen LogP contribution in [0.1, 0.15) is 32.3 Å². The highest BCUT2D eigenvalue weighted by molar-refractivity contribution is 5.26. The van der Waals surface area contributed by atoms with E-state index >= 15 is 0 Å². The second kappa shape index (κ2) is 7.92. The van der Waals surface area contributed by atoms with Crippen LogP contribution in [0, 0.1) is 0 Å². The van der Waals surface area contributed by atoms with E-state index in [4.69, 9.17) is 18.9 Å². The molecule has 1 heterocycles. The summed E-state index contributed by atoms with van der Waals surface area (Å²) in [5.41, 5.74) is 1.11. The highest BCUT2D eigenvalue weighted by atomic mass is 16.7. The first-order chi connectivity index (χ1) is 10.5. The quantitative estimate of drug-likeness (QED) is 0.748. The Bertz CT molecular complexity index is 443. The molecule has 0 aliphatic carbocycles. The van der Waals surface area contributed by atoms with Crippen molar-refractivity contribution in [1.29, 1.82) is 0 Å². The SMILES string of the molecule is COc1ccc(COCCC[C@@H](O)[C@H]2COC(C)(C)O2)cc1. The second-order valence-corrected chi connectivity index (χ2v) is 5.98. The normalized spacial score (nSPS) is 21.7. The minimum atomic E-state index is -0.587. The molecule has 0 spiro atoms. The van der Waals surface area contributed by atoms with Crippen LogP contribution in [0.25, 0.3) is 0 Å². The molecule has 1 aromatic rings. The third-order valence-corrected chi connectivity index (χ3v) is 3.68. The van der Waals surface area contributed by atoms with E-state index in [2.05, 4.69) is 0 Å². The molecule has 2 rings (SSSR count). The summed E-state index contributed by atoms with van der Waals surface area (Å²) in [7, 11) is 1.65. The third kappa shape index (κ3) is 5.25. The summed E-state index contributed by atoms with van der Waals surface area (Å²) in [6, 6.07) is 7.81. The zero-order chi connectivity index (χ0) is 16.0. The average Bonchev–Trinajstić information content (AvgIpc) is 2.87. The molecule has 124 valence electrons. The van der Waals surface area contributed by atoms with Crippen molar-refractivity contribution >= 4 is 0 Å². The molecule has 1 saturated heterocycles. The minimum absolute atomic E-state index is 0.239. The van der Waals surface area contributed by atoms with Gasteiger partial charge in [-0.1, -0.05) is 12.1 Å². The van der Waals surface area contributed by atoms with Crippen LogP contribution >= 0.6 is 0 Å². The molecule has 1 aromatic carbocycles. The van der Waals surface area contributed by atoms with Gasteiger partial charge in [-0.05, 0) is 44.4 Å². The molecule has 0 aromatic heterocycles. The Balaban J connectivity index is 1.59. The van der Waals surface area contributed by atoms with Gasteiger partial charge in [0.05, 0.1) is 26.4 Å². The lowest BCUT2D eigenvalue weighted by molar-refractivity contribution is -0.151. The molecule has 0 unspecified atom stereocenters. The summed E-state index contributed by atoms with van der Waals surface area (Å²) in [5, 5.41) is 10.1. The fraction of sp³-hybridized carbons (Fsp3) is 0.647. The van der Waals surface area contributed by atoms with Crippen LogP contribution in [0.3, 0.4) is 0 Å². The third-order valence-electron chi connectivity index (χ3n) is 3.68. The average molecular weight is 310 g/mol. The van der Waals surface area contributed by atoms with E-state index < -0.39 is 11.9 Å². The molecule has 5 nitrogen and oxygen atoms in total. The van der Waals surface area contributed by atoms with Crippen molar-refractivity contribution in [2.75, 3.05) is 20.3 Å². The molecule has 1 fully saturated rings. The lowest BCUT2D eigenvalue weighted by atomic mass is 10.1. The van der Waals surface area contributed by atoms with Gasteiger partial charge in [0.25, 0.3) is 0 Å². The molecule has 0 saturated carbocycles. The number of ether oxygens (including phenoxy) is 4. The predicted octanol–water partition coefficient (Wildman–Crippen LogP) is 2.50. The lowest BCUT2D eigenvalue weighted by Crippen LogP contribution is -2.30. The van der Waals surface area contributed by atoms with Crippen molar-refractivity contribution in [2.45, 2.75) is 51.3 Å². The molecule has 1 aliphatic heterocycles. The van der Waals surface area contributed by atoms with Gasteiger partial charge in [0.2, 0.25) is 0 Å². The van der Waals surface area contributed by atoms with Gasteiger partial charge in [0.15, 0.2) is 5.79 Å². The Morgan fingerprint density at radius 2 is 2.05 bits per heavy atom. The number of rotatable bonds is 8. The maximum Gasteiger partial charge on any atom is 0.163 e. The van der Waals surface area contributed by atoms with Crippen LogP contribution in [-0.4, -0.2) is 43.4 Å². The van der Waals surface area contributed by atoms with E-state index in [1.165, 1.54) is 0 Å². The molecule has 0 amide bonds. The van der Waals surface area contributed by atoms with Crippen LogP contribution in [-0.2, 0) is 20.8 Å². The smallest absolute Gasteiger partial charge is 0.163 e. The Morgan fingerprint density at radius 3 is 2.64 bits per heavy atom. The van der Waals surface area contributed by atoms with E-state index in [0.717, 1.165) is 17.7 Å². The maximum absolute atomic E-state index is 10.1. The van der Waals surface area contributed by atoms with Gasteiger partial charge in [-0.3, -0.25) is 0 Å². The van der Waals surface area contributed by atoms with Crippen molar-refractivity contribution in [3.63, 3.8) is 0 Å². The Kier molecular flexibility index (Phi) is 6.20. The first-order valence-corrected chi connectivity index (χ1v) is 7.71. The first-order valence-electron chi connectivity index (χ1n) is 7.71. The number of hydrogen-bond acceptors (Lipinski definition) is 5. The van der Waals surface area contributed by atoms with Gasteiger partial charge in [0, 0.05) is 6.61 Å². The van der Waals surface area contributed by atoms with Crippen molar-refractivity contribution in [2.24, 2.45) is 0 Å². The van der Waals surface area contributed by atoms with E-state index in [1.54, 1.807) is 7.11 Å². The number of methoxy groups -OCH3 is 1. The fourth-order valence-electron chi connectivity index (χ4n) is 2.40. The molecule has 1 N–H and O–H groups in total. The second-order valence-electron chi connectivity index (χ2n) is 5.98. The van der Waals surface area contributed by atoms with Gasteiger partial charge >= 0.3 is 0 Å². The van der Waals surface area contributed by atoms with Gasteiger partial charge in [-0.2, -0.15) is 0 Å². The summed E-state index contributed by atoms with van der Waals surface area (Å²) < 4.78 is 21.8. The maximum atomic E-state index is 10.1. The monoisotopic (exact) mass is 310 g/mol. The zero-order valence-electron chi connectivity index (χ0n) is 13.6. The van der Waals surface area contributed by atoms with Crippen LogP contribution < -0.4 is 4.74 Å². The number of aliphatic hydroxyl groups excluding tert-OH is 1. The van der Waals surface area contributed by atoms with Crippen LogP contribution in [0.4, 0.5) is 0 Å². The molecule has 0 bridgehead atoms. The highest BCUT2D eigenvalue weighted by Crippen LogP contribution is 2.25. The summed E-state index contributed by atoms with van der Waals surface area (Å²) in [4.78, 5) is 0. The van der Waals surface area contributed by atoms with Gasteiger partial charge in [0.1, 0.15) is 11.9 Å². The standard InChI is InChI=1S/C17H26O5/c1-17(2)21-12-16(22-17)15(18)5-4-10-20-11-13-6-8-14(19-3)9-7-13/h6-9,15-16,18H,4-5,10-12H2,1-3H3/t15-,16-/m1/s1. The molecule has 22 heavy (non-hydrogen) atoms. The number of aliphatic hydroxyl groups is 1. The summed E-state index contributed by atoms with van der Waals surface area (Å²) in [6.45, 7) is 5.34. The van der Waals surface area contributed by atoms with Crippen molar-refractivity contribution < 1.29 is 24.1 Å². The summed E-state index contributed by atoms with van der Waals surface area (Å²) in [5.74, 6) is 0.254. The van der Waals surface area contributed by atoms with Gasteiger partial charge in [-0.25, -0.2) is 0 Å². The van der Waals surface area contributed by atoms with E-state index in [1.807, 2.05) is 38.1 Å². The van der Waals surface area contributed by atoms with Crippen molar-refractivity contribution in [3.05, 3.63) is 29.8 Å². The largest absolute Gasteiger partial charge is 0.497 e. The number of hydrogen-bond donors (Lipinski definition) is 1. The van der Waals surface area contributed by atoms with E-state index in [-0.39, 0.29) is 6.10 Å². The Labute approximate surface area is 132 Å². The highest BCUT2D eigenvalue weighted by Gasteiger charge is 2.36. The molecule has 5 heteroatoms. The Morgan fingerprint density at radius 1 is 1.32 bits per heavy atom. The lowest BCUT2D eigenvalue weighted by Gasteiger charge is -2.20. The van der Waals surface area contributed by atoms with Crippen LogP contribution in [0.15, 0.2) is 24.3 Å². The summed E-state index contributed by atoms with van der Waals surface area (Å²) >= 11 is 0. The van der Waals surface area contributed by atoms with Crippen LogP contribution in [0.5, 0.6) is 5.75 Å². The fourth-order valence-corrected chi connectivity index (χ4v) is 2.40. The van der Waals surface area contributed by atoms with Crippen molar-refractivity contribution in [1.82, 2.24) is 0 Å². The minimum Gasteiger partial charge on any atom is -0.497 e. The van der Waals surface area contributed by atoms with Crippen molar-refractivity contribution in [3.8, 4) is 5.75 Å². The zero-order valence-corrected chi connectivity index (χ0v) is 13.6. The molecular formula is C17H26O5. The number of benzene rings is 1. The molecule has 2 atom stereocenters. The van der Waals surface area contributed by atoms with Crippen LogP contribution in [0.2, 0.25) is 0 Å². The molecule has 1 aliphatic rings. The molecule has 0 radical (unpaired) electrons. The van der Waals surface area contributed by atoms with E-state index in [9.17, 15) is 5.11 Å². The summed E-state index contributed by atoms with van der Waals surface area (Å²) in [6.07, 6.45) is 0.688. The topological polar surface area (TPSA) is 57.2 Å². The first kappa shape index (κ1) is 17.2. The predicted molar refractivity (Wildman–Crippen MR) is 82.8 cm³/mol. The van der Waals surface area contributed by atoms with E-state index in [0.29, 0.717) is 26.2 Å². The van der Waals surface area contributed by atoms with Gasteiger partial charge < -0.3 is 24.1 Å². The van der Waals surface area contributed by atoms with Gasteiger partial charge in [-0.15, -0.1) is 0 Å². The molecular weight excluding hydrogens is 284 g/mol.